The second kappa shape index (κ2) is 6.53. The number of hydrogen-bond acceptors (Lipinski definition) is 2. The third-order valence-electron chi connectivity index (χ3n) is 5.01. The van der Waals surface area contributed by atoms with Crippen LogP contribution in [-0.2, 0) is 12.8 Å². The largest absolute Gasteiger partial charge is 0.330 e. The maximum atomic E-state index is 6.04. The molecule has 1 aromatic carbocycles. The molecular weight excluding hydrogens is 232 g/mol. The minimum atomic E-state index is 0.316. The molecule has 106 valence electrons. The fourth-order valence-electron chi connectivity index (χ4n) is 3.17. The van der Waals surface area contributed by atoms with Crippen molar-refractivity contribution in [1.29, 1.82) is 0 Å². The van der Waals surface area contributed by atoms with Crippen LogP contribution in [0.1, 0.15) is 37.8 Å². The zero-order valence-corrected chi connectivity index (χ0v) is 12.5. The first kappa shape index (κ1) is 14.5. The van der Waals surface area contributed by atoms with E-state index >= 15 is 0 Å². The molecule has 0 radical (unpaired) electrons. The molecule has 1 aromatic rings. The van der Waals surface area contributed by atoms with Gasteiger partial charge in [0.15, 0.2) is 0 Å². The first-order chi connectivity index (χ1) is 9.23. The Morgan fingerprint density at radius 2 is 1.58 bits per heavy atom. The third kappa shape index (κ3) is 3.37. The molecule has 1 aliphatic rings. The quantitative estimate of drug-likeness (QED) is 0.882. The van der Waals surface area contributed by atoms with E-state index in [1.807, 2.05) is 0 Å². The van der Waals surface area contributed by atoms with Crippen LogP contribution < -0.4 is 5.73 Å². The zero-order valence-electron chi connectivity index (χ0n) is 12.5. The molecule has 0 bridgehead atoms. The molecule has 0 saturated carbocycles. The maximum absolute atomic E-state index is 6.04. The first-order valence-corrected chi connectivity index (χ1v) is 7.72. The Morgan fingerprint density at radius 1 is 1.05 bits per heavy atom. The number of fused-ring (bicyclic) bond motifs is 1. The summed E-state index contributed by atoms with van der Waals surface area (Å²) in [7, 11) is 0. The molecule has 0 saturated heterocycles. The van der Waals surface area contributed by atoms with E-state index in [0.717, 1.165) is 13.1 Å². The van der Waals surface area contributed by atoms with Gasteiger partial charge in [-0.1, -0.05) is 38.1 Å². The summed E-state index contributed by atoms with van der Waals surface area (Å²) in [6, 6.07) is 8.90. The van der Waals surface area contributed by atoms with Crippen LogP contribution in [0, 0.1) is 5.41 Å². The Morgan fingerprint density at radius 3 is 2.00 bits per heavy atom. The molecule has 0 amide bonds. The predicted octanol–water partition coefficient (Wildman–Crippen LogP) is 2.85. The van der Waals surface area contributed by atoms with Gasteiger partial charge in [0.05, 0.1) is 0 Å². The van der Waals surface area contributed by atoms with Gasteiger partial charge in [-0.3, -0.25) is 0 Å². The minimum Gasteiger partial charge on any atom is -0.330 e. The lowest BCUT2D eigenvalue weighted by atomic mass is 9.82. The van der Waals surface area contributed by atoms with Crippen molar-refractivity contribution in [2.24, 2.45) is 11.1 Å². The van der Waals surface area contributed by atoms with Gasteiger partial charge in [0, 0.05) is 19.6 Å². The molecule has 19 heavy (non-hydrogen) atoms. The van der Waals surface area contributed by atoms with Crippen molar-refractivity contribution >= 4 is 0 Å². The number of hydrogen-bond donors (Lipinski definition) is 1. The highest BCUT2D eigenvalue weighted by Gasteiger charge is 2.27. The monoisotopic (exact) mass is 260 g/mol. The molecule has 0 unspecified atom stereocenters. The second-order valence-corrected chi connectivity index (χ2v) is 5.96. The summed E-state index contributed by atoms with van der Waals surface area (Å²) in [5.74, 6) is 0. The van der Waals surface area contributed by atoms with E-state index in [1.165, 1.54) is 49.9 Å². The summed E-state index contributed by atoms with van der Waals surface area (Å²) < 4.78 is 0. The lowest BCUT2D eigenvalue weighted by Crippen LogP contribution is -2.43. The van der Waals surface area contributed by atoms with Gasteiger partial charge >= 0.3 is 0 Å². The predicted molar refractivity (Wildman–Crippen MR) is 82.4 cm³/mol. The van der Waals surface area contributed by atoms with Crippen LogP contribution in [0.2, 0.25) is 0 Å². The zero-order chi connectivity index (χ0) is 13.7. The maximum Gasteiger partial charge on any atom is 0.00501 e. The summed E-state index contributed by atoms with van der Waals surface area (Å²) in [5, 5.41) is 0. The molecule has 0 aliphatic carbocycles. The van der Waals surface area contributed by atoms with Gasteiger partial charge in [-0.25, -0.2) is 0 Å². The molecule has 0 aromatic heterocycles. The molecule has 2 nitrogen and oxygen atoms in total. The third-order valence-corrected chi connectivity index (χ3v) is 5.01. The van der Waals surface area contributed by atoms with Crippen LogP contribution in [0.25, 0.3) is 0 Å². The summed E-state index contributed by atoms with van der Waals surface area (Å²) >= 11 is 0. The number of nitrogens with zero attached hydrogens (tertiary/aromatic N) is 1. The molecular formula is C17H28N2. The van der Waals surface area contributed by atoms with Crippen LogP contribution in [-0.4, -0.2) is 31.1 Å². The highest BCUT2D eigenvalue weighted by molar-refractivity contribution is 5.28. The van der Waals surface area contributed by atoms with Crippen molar-refractivity contribution in [3.05, 3.63) is 35.4 Å². The van der Waals surface area contributed by atoms with Gasteiger partial charge in [0.2, 0.25) is 0 Å². The first-order valence-electron chi connectivity index (χ1n) is 7.72. The number of rotatable bonds is 5. The summed E-state index contributed by atoms with van der Waals surface area (Å²) in [6.07, 6.45) is 4.74. The summed E-state index contributed by atoms with van der Waals surface area (Å²) in [6.45, 7) is 8.89. The Labute approximate surface area is 118 Å². The topological polar surface area (TPSA) is 29.3 Å². The summed E-state index contributed by atoms with van der Waals surface area (Å²) in [5.41, 5.74) is 9.44. The molecule has 2 heteroatoms. The molecule has 1 heterocycles. The van der Waals surface area contributed by atoms with Crippen molar-refractivity contribution in [3.8, 4) is 0 Å². The van der Waals surface area contributed by atoms with Gasteiger partial charge in [-0.05, 0) is 48.8 Å². The van der Waals surface area contributed by atoms with Crippen molar-refractivity contribution in [1.82, 2.24) is 4.90 Å². The molecule has 1 aliphatic heterocycles. The fraction of sp³-hybridized carbons (Fsp3) is 0.647. The van der Waals surface area contributed by atoms with Gasteiger partial charge in [-0.2, -0.15) is 0 Å². The van der Waals surface area contributed by atoms with Crippen LogP contribution in [0.15, 0.2) is 24.3 Å². The van der Waals surface area contributed by atoms with Crippen LogP contribution in [0.3, 0.4) is 0 Å². The SMILES string of the molecule is CCC(CC)(CN)CN1CCc2ccccc2CC1. The van der Waals surface area contributed by atoms with E-state index in [2.05, 4.69) is 43.0 Å². The van der Waals surface area contributed by atoms with E-state index < -0.39 is 0 Å². The average Bonchev–Trinajstić information content (AvgIpc) is 2.68. The van der Waals surface area contributed by atoms with Crippen molar-refractivity contribution in [2.75, 3.05) is 26.2 Å². The summed E-state index contributed by atoms with van der Waals surface area (Å²) in [4.78, 5) is 2.62. The van der Waals surface area contributed by atoms with E-state index in [1.54, 1.807) is 0 Å². The number of benzene rings is 1. The van der Waals surface area contributed by atoms with Crippen LogP contribution in [0.4, 0.5) is 0 Å². The smallest absolute Gasteiger partial charge is 0.00501 e. The molecule has 0 fully saturated rings. The van der Waals surface area contributed by atoms with Gasteiger partial charge in [0.1, 0.15) is 0 Å². The Bertz CT molecular complexity index is 361. The van der Waals surface area contributed by atoms with Crippen LogP contribution in [0.5, 0.6) is 0 Å². The van der Waals surface area contributed by atoms with Gasteiger partial charge in [0.25, 0.3) is 0 Å². The molecule has 2 N–H and O–H groups in total. The normalized spacial score (nSPS) is 17.0. The van der Waals surface area contributed by atoms with E-state index in [9.17, 15) is 0 Å². The Hall–Kier alpha value is -0.860. The Kier molecular flexibility index (Phi) is 5.00. The van der Waals surface area contributed by atoms with E-state index in [-0.39, 0.29) is 0 Å². The molecule has 0 atom stereocenters. The highest BCUT2D eigenvalue weighted by Crippen LogP contribution is 2.27. The van der Waals surface area contributed by atoms with Gasteiger partial charge < -0.3 is 10.6 Å². The molecule has 0 spiro atoms. The van der Waals surface area contributed by atoms with Crippen molar-refractivity contribution < 1.29 is 0 Å². The van der Waals surface area contributed by atoms with Crippen molar-refractivity contribution in [2.45, 2.75) is 39.5 Å². The van der Waals surface area contributed by atoms with Crippen LogP contribution >= 0.6 is 0 Å². The Balaban J connectivity index is 2.02. The van der Waals surface area contributed by atoms with Gasteiger partial charge in [-0.15, -0.1) is 0 Å². The highest BCUT2D eigenvalue weighted by atomic mass is 15.1. The lowest BCUT2D eigenvalue weighted by molar-refractivity contribution is 0.148. The standard InChI is InChI=1S/C17H28N2/c1-3-17(4-2,13-18)14-19-11-9-15-7-5-6-8-16(15)10-12-19/h5-8H,3-4,9-14,18H2,1-2H3. The molecule has 2 rings (SSSR count). The van der Waals surface area contributed by atoms with Crippen molar-refractivity contribution in [3.63, 3.8) is 0 Å². The second-order valence-electron chi connectivity index (χ2n) is 5.96. The fourth-order valence-corrected chi connectivity index (χ4v) is 3.17. The van der Waals surface area contributed by atoms with E-state index in [0.29, 0.717) is 5.41 Å². The lowest BCUT2D eigenvalue weighted by Gasteiger charge is -2.36. The minimum absolute atomic E-state index is 0.316. The number of nitrogens with two attached hydrogens (primary N) is 1. The average molecular weight is 260 g/mol. The van der Waals surface area contributed by atoms with E-state index in [4.69, 9.17) is 5.73 Å².